The lowest BCUT2D eigenvalue weighted by Crippen LogP contribution is -2.49. The van der Waals surface area contributed by atoms with Crippen LogP contribution in [0.1, 0.15) is 44.7 Å². The van der Waals surface area contributed by atoms with Gasteiger partial charge in [-0.05, 0) is 49.4 Å². The molecule has 0 fully saturated rings. The van der Waals surface area contributed by atoms with E-state index in [1.54, 1.807) is 6.92 Å². The summed E-state index contributed by atoms with van der Waals surface area (Å²) in [6.07, 6.45) is -3.22. The second-order valence-electron chi connectivity index (χ2n) is 9.62. The standard InChI is InChI=1S/C27H36F3N3O4S/c1-20(2)19-31-26(35)21(3)32(17-15-22-10-6-5-7-11-22)25(34)14-9-16-33(38(4,36)37)24-13-8-12-23(18-24)27(28,29)30/h5-8,10-13,18,20-21H,9,14-17,19H2,1-4H3,(H,31,35). The van der Waals surface area contributed by atoms with Crippen LogP contribution in [-0.2, 0) is 32.2 Å². The molecule has 0 spiro atoms. The quantitative estimate of drug-likeness (QED) is 0.395. The van der Waals surface area contributed by atoms with Crippen LogP contribution in [0.25, 0.3) is 0 Å². The number of carbonyl (C=O) groups excluding carboxylic acids is 2. The van der Waals surface area contributed by atoms with Gasteiger partial charge in [-0.25, -0.2) is 8.42 Å². The number of alkyl halides is 3. The monoisotopic (exact) mass is 555 g/mol. The fourth-order valence-electron chi connectivity index (χ4n) is 3.86. The molecule has 1 unspecified atom stereocenters. The van der Waals surface area contributed by atoms with E-state index in [2.05, 4.69) is 5.32 Å². The molecule has 2 rings (SSSR count). The van der Waals surface area contributed by atoms with Crippen LogP contribution in [0.4, 0.5) is 18.9 Å². The van der Waals surface area contributed by atoms with Gasteiger partial charge in [-0.2, -0.15) is 13.2 Å². The summed E-state index contributed by atoms with van der Waals surface area (Å²) in [7, 11) is -3.91. The van der Waals surface area contributed by atoms with Crippen molar-refractivity contribution in [2.45, 2.75) is 52.3 Å². The summed E-state index contributed by atoms with van der Waals surface area (Å²) in [6, 6.07) is 12.8. The first-order valence-electron chi connectivity index (χ1n) is 12.5. The van der Waals surface area contributed by atoms with E-state index in [0.29, 0.717) is 13.0 Å². The van der Waals surface area contributed by atoms with Gasteiger partial charge in [0.15, 0.2) is 0 Å². The Bertz CT molecular complexity index is 1170. The van der Waals surface area contributed by atoms with Gasteiger partial charge in [0.05, 0.1) is 17.5 Å². The number of nitrogens with one attached hydrogen (secondary N) is 1. The first-order valence-corrected chi connectivity index (χ1v) is 14.3. The molecule has 38 heavy (non-hydrogen) atoms. The maximum atomic E-state index is 13.2. The third kappa shape index (κ3) is 9.66. The fraction of sp³-hybridized carbons (Fsp3) is 0.481. The molecule has 0 aliphatic carbocycles. The predicted octanol–water partition coefficient (Wildman–Crippen LogP) is 4.48. The smallest absolute Gasteiger partial charge is 0.354 e. The van der Waals surface area contributed by atoms with Gasteiger partial charge in [0.1, 0.15) is 6.04 Å². The molecule has 1 N–H and O–H groups in total. The number of sulfonamides is 1. The van der Waals surface area contributed by atoms with Gasteiger partial charge in [-0.1, -0.05) is 50.2 Å². The Hall–Kier alpha value is -3.08. The molecule has 0 saturated heterocycles. The molecule has 2 aromatic rings. The molecular formula is C27H36F3N3O4S. The third-order valence-electron chi connectivity index (χ3n) is 5.95. The summed E-state index contributed by atoms with van der Waals surface area (Å²) in [5.41, 5.74) is -0.0990. The van der Waals surface area contributed by atoms with Crippen molar-refractivity contribution in [1.82, 2.24) is 10.2 Å². The normalized spacial score (nSPS) is 12.7. The number of nitrogens with zero attached hydrogens (tertiary/aromatic N) is 2. The number of anilines is 1. The minimum Gasteiger partial charge on any atom is -0.354 e. The zero-order valence-electron chi connectivity index (χ0n) is 22.2. The molecule has 2 aromatic carbocycles. The Kier molecular flexibility index (Phi) is 11.2. The number of amides is 2. The Labute approximate surface area is 223 Å². The van der Waals surface area contributed by atoms with Gasteiger partial charge in [0, 0.05) is 26.1 Å². The van der Waals surface area contributed by atoms with Crippen molar-refractivity contribution < 1.29 is 31.2 Å². The van der Waals surface area contributed by atoms with E-state index in [-0.39, 0.29) is 49.4 Å². The highest BCUT2D eigenvalue weighted by atomic mass is 32.2. The van der Waals surface area contributed by atoms with Crippen LogP contribution in [0.5, 0.6) is 0 Å². The molecule has 1 atom stereocenters. The summed E-state index contributed by atoms with van der Waals surface area (Å²) >= 11 is 0. The second-order valence-corrected chi connectivity index (χ2v) is 11.5. The van der Waals surface area contributed by atoms with Crippen molar-refractivity contribution in [3.63, 3.8) is 0 Å². The van der Waals surface area contributed by atoms with Crippen molar-refractivity contribution >= 4 is 27.5 Å². The van der Waals surface area contributed by atoms with Crippen LogP contribution in [0.3, 0.4) is 0 Å². The molecule has 210 valence electrons. The van der Waals surface area contributed by atoms with E-state index in [9.17, 15) is 31.2 Å². The molecule has 11 heteroatoms. The van der Waals surface area contributed by atoms with Crippen molar-refractivity contribution in [3.05, 3.63) is 65.7 Å². The highest BCUT2D eigenvalue weighted by Gasteiger charge is 2.32. The number of halogens is 3. The highest BCUT2D eigenvalue weighted by Crippen LogP contribution is 2.32. The minimum atomic E-state index is -4.62. The molecule has 0 radical (unpaired) electrons. The van der Waals surface area contributed by atoms with Crippen LogP contribution < -0.4 is 9.62 Å². The van der Waals surface area contributed by atoms with E-state index in [1.165, 1.54) is 11.0 Å². The average Bonchev–Trinajstić information content (AvgIpc) is 2.84. The van der Waals surface area contributed by atoms with Gasteiger partial charge in [-0.3, -0.25) is 13.9 Å². The van der Waals surface area contributed by atoms with E-state index >= 15 is 0 Å². The fourth-order valence-corrected chi connectivity index (χ4v) is 4.82. The van der Waals surface area contributed by atoms with Gasteiger partial charge in [0.25, 0.3) is 0 Å². The summed E-state index contributed by atoms with van der Waals surface area (Å²) in [5, 5.41) is 2.84. The van der Waals surface area contributed by atoms with Gasteiger partial charge in [-0.15, -0.1) is 0 Å². The SMILES string of the molecule is CC(C)CNC(=O)C(C)N(CCc1ccccc1)C(=O)CCCN(c1cccc(C(F)(F)F)c1)S(C)(=O)=O. The predicted molar refractivity (Wildman–Crippen MR) is 142 cm³/mol. The third-order valence-corrected chi connectivity index (χ3v) is 7.14. The van der Waals surface area contributed by atoms with Crippen LogP contribution >= 0.6 is 0 Å². The lowest BCUT2D eigenvalue weighted by Gasteiger charge is -2.29. The molecule has 0 aliphatic rings. The molecular weight excluding hydrogens is 519 g/mol. The number of carbonyl (C=O) groups is 2. The van der Waals surface area contributed by atoms with Crippen molar-refractivity contribution in [1.29, 1.82) is 0 Å². The van der Waals surface area contributed by atoms with Crippen LogP contribution in [-0.4, -0.2) is 57.1 Å². The maximum Gasteiger partial charge on any atom is 0.416 e. The molecule has 0 heterocycles. The summed E-state index contributed by atoms with van der Waals surface area (Å²) in [4.78, 5) is 27.4. The zero-order valence-corrected chi connectivity index (χ0v) is 23.0. The van der Waals surface area contributed by atoms with E-state index in [1.807, 2.05) is 44.2 Å². The van der Waals surface area contributed by atoms with Gasteiger partial charge < -0.3 is 10.2 Å². The minimum absolute atomic E-state index is 0.0598. The van der Waals surface area contributed by atoms with Gasteiger partial charge >= 0.3 is 6.18 Å². The van der Waals surface area contributed by atoms with Crippen molar-refractivity contribution in [3.8, 4) is 0 Å². The Morgan fingerprint density at radius 2 is 1.63 bits per heavy atom. The lowest BCUT2D eigenvalue weighted by atomic mass is 10.1. The maximum absolute atomic E-state index is 13.2. The number of hydrogen-bond acceptors (Lipinski definition) is 4. The van der Waals surface area contributed by atoms with E-state index in [4.69, 9.17) is 0 Å². The largest absolute Gasteiger partial charge is 0.416 e. The summed E-state index contributed by atoms with van der Waals surface area (Å²) < 4.78 is 65.1. The summed E-state index contributed by atoms with van der Waals surface area (Å²) in [6.45, 7) is 6.12. The first-order chi connectivity index (χ1) is 17.7. The van der Waals surface area contributed by atoms with Gasteiger partial charge in [0.2, 0.25) is 21.8 Å². The number of rotatable bonds is 13. The lowest BCUT2D eigenvalue weighted by molar-refractivity contribution is -0.140. The number of benzene rings is 2. The Morgan fingerprint density at radius 3 is 2.21 bits per heavy atom. The topological polar surface area (TPSA) is 86.8 Å². The molecule has 0 aromatic heterocycles. The van der Waals surface area contributed by atoms with Crippen molar-refractivity contribution in [2.24, 2.45) is 5.92 Å². The Morgan fingerprint density at radius 1 is 0.974 bits per heavy atom. The molecule has 7 nitrogen and oxygen atoms in total. The van der Waals surface area contributed by atoms with Crippen LogP contribution in [0.2, 0.25) is 0 Å². The summed E-state index contributed by atoms with van der Waals surface area (Å²) in [5.74, 6) is -0.398. The molecule has 0 aliphatic heterocycles. The van der Waals surface area contributed by atoms with Crippen LogP contribution in [0, 0.1) is 5.92 Å². The number of hydrogen-bond donors (Lipinski definition) is 1. The highest BCUT2D eigenvalue weighted by molar-refractivity contribution is 7.92. The zero-order chi connectivity index (χ0) is 28.5. The van der Waals surface area contributed by atoms with Crippen LogP contribution in [0.15, 0.2) is 54.6 Å². The van der Waals surface area contributed by atoms with E-state index < -0.39 is 27.8 Å². The Balaban J connectivity index is 2.15. The second kappa shape index (κ2) is 13.6. The molecule has 2 amide bonds. The van der Waals surface area contributed by atoms with Crippen molar-refractivity contribution in [2.75, 3.05) is 30.2 Å². The molecule has 0 bridgehead atoms. The average molecular weight is 556 g/mol. The first kappa shape index (κ1) is 31.1. The van der Waals surface area contributed by atoms with E-state index in [0.717, 1.165) is 34.3 Å². The molecule has 0 saturated carbocycles.